The Hall–Kier alpha value is -2.02. The molecule has 27 heavy (non-hydrogen) atoms. The first-order valence-corrected chi connectivity index (χ1v) is 10.6. The van der Waals surface area contributed by atoms with Crippen LogP contribution in [0.5, 0.6) is 5.75 Å². The number of benzene rings is 1. The van der Waals surface area contributed by atoms with Crippen molar-refractivity contribution in [2.45, 2.75) is 64.4 Å². The third kappa shape index (κ3) is 5.03. The first-order valence-electron chi connectivity index (χ1n) is 9.62. The lowest BCUT2D eigenvalue weighted by molar-refractivity contribution is -0.131. The number of aryl methyl sites for hydroxylation is 1. The molecule has 0 aliphatic carbocycles. The largest absolute Gasteiger partial charge is 0.486 e. The second-order valence-corrected chi connectivity index (χ2v) is 7.91. The van der Waals surface area contributed by atoms with Crippen molar-refractivity contribution in [1.29, 1.82) is 0 Å². The molecule has 1 fully saturated rings. The van der Waals surface area contributed by atoms with Crippen LogP contribution in [0.25, 0.3) is 0 Å². The fourth-order valence-corrected chi connectivity index (χ4v) is 4.29. The normalized spacial score (nSPS) is 17.1. The highest BCUT2D eigenvalue weighted by atomic mass is 32.2. The first-order chi connectivity index (χ1) is 13.1. The summed E-state index contributed by atoms with van der Waals surface area (Å²) >= 11 is 1.46. The van der Waals surface area contributed by atoms with E-state index < -0.39 is 0 Å². The third-order valence-electron chi connectivity index (χ3n) is 4.92. The summed E-state index contributed by atoms with van der Waals surface area (Å²) in [4.78, 5) is 14.6. The highest BCUT2D eigenvalue weighted by Gasteiger charge is 2.24. The van der Waals surface area contributed by atoms with Gasteiger partial charge in [-0.3, -0.25) is 4.79 Å². The minimum Gasteiger partial charge on any atom is -0.486 e. The molecule has 0 N–H and O–H groups in total. The number of aromatic nitrogens is 3. The topological polar surface area (TPSA) is 60.2 Å². The molecule has 3 rings (SSSR count). The highest BCUT2D eigenvalue weighted by molar-refractivity contribution is 7.99. The average molecular weight is 389 g/mol. The Kier molecular flexibility index (Phi) is 6.77. The van der Waals surface area contributed by atoms with Crippen LogP contribution in [-0.4, -0.2) is 43.9 Å². The van der Waals surface area contributed by atoms with Gasteiger partial charge >= 0.3 is 0 Å². The summed E-state index contributed by atoms with van der Waals surface area (Å²) in [6.07, 6.45) is 3.42. The summed E-state index contributed by atoms with van der Waals surface area (Å²) in [5, 5.41) is 9.33. The summed E-state index contributed by atoms with van der Waals surface area (Å²) in [5.41, 5.74) is 1.16. The number of thioether (sulfide) groups is 1. The predicted octanol–water partition coefficient (Wildman–Crippen LogP) is 3.68. The number of rotatable bonds is 7. The van der Waals surface area contributed by atoms with Crippen molar-refractivity contribution in [1.82, 2.24) is 19.7 Å². The third-order valence-corrected chi connectivity index (χ3v) is 5.87. The molecule has 0 bridgehead atoms. The highest BCUT2D eigenvalue weighted by Crippen LogP contribution is 2.22. The Morgan fingerprint density at radius 3 is 2.93 bits per heavy atom. The van der Waals surface area contributed by atoms with Crippen molar-refractivity contribution in [2.24, 2.45) is 0 Å². The van der Waals surface area contributed by atoms with E-state index in [1.165, 1.54) is 18.2 Å². The quantitative estimate of drug-likeness (QED) is 0.677. The number of carbonyl (C=O) groups is 1. The number of nitrogens with zero attached hydrogens (tertiary/aromatic N) is 4. The molecule has 1 atom stereocenters. The van der Waals surface area contributed by atoms with Gasteiger partial charge in [0.05, 0.1) is 5.75 Å². The van der Waals surface area contributed by atoms with E-state index in [0.717, 1.165) is 48.2 Å². The molecule has 0 radical (unpaired) electrons. The van der Waals surface area contributed by atoms with Crippen molar-refractivity contribution in [3.05, 3.63) is 35.7 Å². The minimum atomic E-state index is 0.190. The maximum Gasteiger partial charge on any atom is 0.233 e. The zero-order chi connectivity index (χ0) is 19.2. The van der Waals surface area contributed by atoms with Gasteiger partial charge in [0.1, 0.15) is 12.4 Å². The molecule has 0 spiro atoms. The molecule has 6 nitrogen and oxygen atoms in total. The fourth-order valence-electron chi connectivity index (χ4n) is 3.38. The molecule has 7 heteroatoms. The zero-order valence-corrected chi connectivity index (χ0v) is 17.2. The Labute approximate surface area is 165 Å². The Morgan fingerprint density at radius 2 is 2.19 bits per heavy atom. The second kappa shape index (κ2) is 9.26. The van der Waals surface area contributed by atoms with Gasteiger partial charge in [-0.25, -0.2) is 0 Å². The number of likely N-dealkylation sites (tertiary alicyclic amines) is 1. The van der Waals surface area contributed by atoms with E-state index in [1.54, 1.807) is 0 Å². The van der Waals surface area contributed by atoms with Crippen LogP contribution in [0.1, 0.15) is 44.5 Å². The molecule has 1 saturated heterocycles. The molecule has 1 aromatic heterocycles. The lowest BCUT2D eigenvalue weighted by Gasteiger charge is -2.33. The summed E-state index contributed by atoms with van der Waals surface area (Å²) in [6.45, 7) is 8.21. The molecule has 1 amide bonds. The molecule has 146 valence electrons. The average Bonchev–Trinajstić information content (AvgIpc) is 3.06. The van der Waals surface area contributed by atoms with E-state index >= 15 is 0 Å². The molecule has 0 saturated carbocycles. The van der Waals surface area contributed by atoms with Crippen LogP contribution >= 0.6 is 11.8 Å². The van der Waals surface area contributed by atoms with Crippen LogP contribution in [0.4, 0.5) is 0 Å². The number of hydrogen-bond donors (Lipinski definition) is 0. The molecule has 1 aliphatic rings. The van der Waals surface area contributed by atoms with Gasteiger partial charge in [-0.05, 0) is 57.7 Å². The summed E-state index contributed by atoms with van der Waals surface area (Å²) < 4.78 is 7.88. The van der Waals surface area contributed by atoms with Crippen LogP contribution < -0.4 is 4.74 Å². The van der Waals surface area contributed by atoms with Crippen molar-refractivity contribution in [3.8, 4) is 5.75 Å². The smallest absolute Gasteiger partial charge is 0.233 e. The van der Waals surface area contributed by atoms with Crippen LogP contribution in [-0.2, 0) is 17.9 Å². The SMILES string of the molecule is CCn1c(COc2cccc(C)c2)nnc1SCC(=O)N1CCCC[C@H]1C. The van der Waals surface area contributed by atoms with Crippen molar-refractivity contribution in [3.63, 3.8) is 0 Å². The van der Waals surface area contributed by atoms with Gasteiger partial charge < -0.3 is 14.2 Å². The molecule has 2 heterocycles. The van der Waals surface area contributed by atoms with Crippen LogP contribution in [0.15, 0.2) is 29.4 Å². The van der Waals surface area contributed by atoms with E-state index in [0.29, 0.717) is 18.4 Å². The molecule has 0 unspecified atom stereocenters. The van der Waals surface area contributed by atoms with Gasteiger partial charge in [0.25, 0.3) is 0 Å². The summed E-state index contributed by atoms with van der Waals surface area (Å²) in [6, 6.07) is 8.29. The second-order valence-electron chi connectivity index (χ2n) is 6.97. The number of carbonyl (C=O) groups excluding carboxylic acids is 1. The number of ether oxygens (including phenoxy) is 1. The van der Waals surface area contributed by atoms with E-state index in [1.807, 2.05) is 40.7 Å². The standard InChI is InChI=1S/C20H28N4O2S/c1-4-23-18(13-26-17-10-7-8-15(2)12-17)21-22-20(23)27-14-19(25)24-11-6-5-9-16(24)3/h7-8,10,12,16H,4-6,9,11,13-14H2,1-3H3/t16-/m1/s1. The lowest BCUT2D eigenvalue weighted by atomic mass is 10.0. The van der Waals surface area contributed by atoms with Gasteiger partial charge in [-0.2, -0.15) is 0 Å². The van der Waals surface area contributed by atoms with Gasteiger partial charge in [0.15, 0.2) is 11.0 Å². The van der Waals surface area contributed by atoms with E-state index in [9.17, 15) is 4.79 Å². The maximum atomic E-state index is 12.6. The lowest BCUT2D eigenvalue weighted by Crippen LogP contribution is -2.43. The van der Waals surface area contributed by atoms with E-state index in [-0.39, 0.29) is 5.91 Å². The van der Waals surface area contributed by atoms with Crippen molar-refractivity contribution < 1.29 is 9.53 Å². The Bertz CT molecular complexity index is 777. The number of amides is 1. The molecular weight excluding hydrogens is 360 g/mol. The van der Waals surface area contributed by atoms with E-state index in [2.05, 4.69) is 24.0 Å². The number of hydrogen-bond acceptors (Lipinski definition) is 5. The Morgan fingerprint density at radius 1 is 1.33 bits per heavy atom. The number of piperidine rings is 1. The van der Waals surface area contributed by atoms with Crippen LogP contribution in [0.3, 0.4) is 0 Å². The first kappa shape index (κ1) is 19.7. The zero-order valence-electron chi connectivity index (χ0n) is 16.4. The maximum absolute atomic E-state index is 12.6. The summed E-state index contributed by atoms with van der Waals surface area (Å²) in [7, 11) is 0. The Balaban J connectivity index is 1.59. The predicted molar refractivity (Wildman–Crippen MR) is 107 cm³/mol. The van der Waals surface area contributed by atoms with E-state index in [4.69, 9.17) is 4.74 Å². The van der Waals surface area contributed by atoms with Crippen molar-refractivity contribution in [2.75, 3.05) is 12.3 Å². The molecule has 1 aliphatic heterocycles. The van der Waals surface area contributed by atoms with Gasteiger partial charge in [0.2, 0.25) is 5.91 Å². The van der Waals surface area contributed by atoms with Gasteiger partial charge in [-0.1, -0.05) is 23.9 Å². The monoisotopic (exact) mass is 388 g/mol. The summed E-state index contributed by atoms with van der Waals surface area (Å²) in [5.74, 6) is 2.20. The fraction of sp³-hybridized carbons (Fsp3) is 0.550. The molecular formula is C20H28N4O2S. The van der Waals surface area contributed by atoms with Crippen molar-refractivity contribution >= 4 is 17.7 Å². The van der Waals surface area contributed by atoms with Gasteiger partial charge in [0, 0.05) is 19.1 Å². The minimum absolute atomic E-state index is 0.190. The molecule has 1 aromatic carbocycles. The molecule has 2 aromatic rings. The van der Waals surface area contributed by atoms with Crippen LogP contribution in [0.2, 0.25) is 0 Å². The van der Waals surface area contributed by atoms with Crippen LogP contribution in [0, 0.1) is 6.92 Å². The van der Waals surface area contributed by atoms with Gasteiger partial charge in [-0.15, -0.1) is 10.2 Å².